The van der Waals surface area contributed by atoms with Gasteiger partial charge >= 0.3 is 0 Å². The van der Waals surface area contributed by atoms with Gasteiger partial charge in [-0.25, -0.2) is 4.39 Å². The Kier molecular flexibility index (Phi) is 8.22. The van der Waals surface area contributed by atoms with Crippen molar-refractivity contribution in [1.82, 2.24) is 9.80 Å². The minimum Gasteiger partial charge on any atom is -0.379 e. The standard InChI is InChI=1S/C31H37FN4O4/c32-26-7-3-23(4-8-26)30(37)33-29-20-25-2-1-22(21-34-11-15-39-16-12-34)19-28(25)36(29)27-9-5-24(6-10-27)31(38)35-13-17-40-18-14-35/h1-4,7-8,19,24,27H,5-6,9-18,20-21H2. The number of hydrogen-bond donors (Lipinski definition) is 0. The zero-order valence-electron chi connectivity index (χ0n) is 22.9. The maximum absolute atomic E-state index is 13.5. The molecule has 0 spiro atoms. The third kappa shape index (κ3) is 5.96. The highest BCUT2D eigenvalue weighted by molar-refractivity contribution is 6.12. The summed E-state index contributed by atoms with van der Waals surface area (Å²) in [5, 5.41) is 0. The predicted octanol–water partition coefficient (Wildman–Crippen LogP) is 3.68. The Hall–Kier alpha value is -3.14. The Labute approximate surface area is 234 Å². The van der Waals surface area contributed by atoms with E-state index in [0.29, 0.717) is 38.3 Å². The molecule has 0 N–H and O–H groups in total. The first-order valence-electron chi connectivity index (χ1n) is 14.5. The third-order valence-electron chi connectivity index (χ3n) is 8.60. The van der Waals surface area contributed by atoms with Gasteiger partial charge in [0.1, 0.15) is 11.7 Å². The zero-order chi connectivity index (χ0) is 27.5. The van der Waals surface area contributed by atoms with Gasteiger partial charge in [0.2, 0.25) is 5.91 Å². The van der Waals surface area contributed by atoms with Gasteiger partial charge < -0.3 is 19.3 Å². The van der Waals surface area contributed by atoms with E-state index in [4.69, 9.17) is 9.47 Å². The predicted molar refractivity (Wildman–Crippen MR) is 150 cm³/mol. The molecule has 212 valence electrons. The van der Waals surface area contributed by atoms with Crippen LogP contribution in [0.3, 0.4) is 0 Å². The third-order valence-corrected chi connectivity index (χ3v) is 8.60. The number of aliphatic imine (C=N–C) groups is 1. The molecular weight excluding hydrogens is 511 g/mol. The Balaban J connectivity index is 1.23. The Morgan fingerprint density at radius 3 is 2.25 bits per heavy atom. The second-order valence-corrected chi connectivity index (χ2v) is 11.2. The van der Waals surface area contributed by atoms with Gasteiger partial charge in [-0.05, 0) is 67.1 Å². The molecule has 0 atom stereocenters. The van der Waals surface area contributed by atoms with E-state index in [9.17, 15) is 14.0 Å². The minimum absolute atomic E-state index is 0.0327. The summed E-state index contributed by atoms with van der Waals surface area (Å²) in [4.78, 5) is 37.5. The molecule has 3 fully saturated rings. The van der Waals surface area contributed by atoms with Crippen LogP contribution in [0.5, 0.6) is 0 Å². The molecule has 6 rings (SSSR count). The quantitative estimate of drug-likeness (QED) is 0.568. The number of morpholine rings is 2. The summed E-state index contributed by atoms with van der Waals surface area (Å²) in [5.41, 5.74) is 3.87. The average Bonchev–Trinajstić information content (AvgIpc) is 3.35. The van der Waals surface area contributed by atoms with E-state index in [1.165, 1.54) is 29.8 Å². The van der Waals surface area contributed by atoms with Crippen molar-refractivity contribution in [2.75, 3.05) is 57.5 Å². The molecule has 0 aromatic heterocycles. The topological polar surface area (TPSA) is 74.7 Å². The fourth-order valence-corrected chi connectivity index (χ4v) is 6.39. The number of amides is 2. The van der Waals surface area contributed by atoms with Crippen molar-refractivity contribution in [3.8, 4) is 0 Å². The molecule has 2 saturated heterocycles. The Morgan fingerprint density at radius 2 is 1.55 bits per heavy atom. The molecule has 2 aromatic carbocycles. The van der Waals surface area contributed by atoms with Gasteiger partial charge in [0.25, 0.3) is 5.91 Å². The van der Waals surface area contributed by atoms with Gasteiger partial charge in [-0.15, -0.1) is 0 Å². The molecule has 2 amide bonds. The van der Waals surface area contributed by atoms with Gasteiger partial charge in [0.05, 0.1) is 26.4 Å². The largest absolute Gasteiger partial charge is 0.379 e. The molecule has 0 unspecified atom stereocenters. The molecule has 3 aliphatic heterocycles. The fraction of sp³-hybridized carbons (Fsp3) is 0.516. The molecule has 2 aromatic rings. The van der Waals surface area contributed by atoms with E-state index >= 15 is 0 Å². The van der Waals surface area contributed by atoms with E-state index in [1.807, 2.05) is 4.90 Å². The first kappa shape index (κ1) is 27.1. The van der Waals surface area contributed by atoms with Crippen LogP contribution in [0.2, 0.25) is 0 Å². The van der Waals surface area contributed by atoms with Crippen LogP contribution in [0.25, 0.3) is 0 Å². The van der Waals surface area contributed by atoms with Crippen LogP contribution in [0.4, 0.5) is 10.1 Å². The second kappa shape index (κ2) is 12.2. The van der Waals surface area contributed by atoms with Gasteiger partial charge in [-0.1, -0.05) is 12.1 Å². The number of nitrogens with zero attached hydrogens (tertiary/aromatic N) is 4. The molecule has 4 aliphatic rings. The highest BCUT2D eigenvalue weighted by Gasteiger charge is 2.37. The lowest BCUT2D eigenvalue weighted by molar-refractivity contribution is -0.140. The van der Waals surface area contributed by atoms with Crippen LogP contribution in [-0.2, 0) is 27.2 Å². The number of halogens is 1. The van der Waals surface area contributed by atoms with Crippen molar-refractivity contribution < 1.29 is 23.5 Å². The number of ether oxygens (including phenoxy) is 2. The van der Waals surface area contributed by atoms with Crippen LogP contribution in [0, 0.1) is 11.7 Å². The van der Waals surface area contributed by atoms with Crippen LogP contribution in [0.15, 0.2) is 47.5 Å². The van der Waals surface area contributed by atoms with Crippen molar-refractivity contribution in [3.63, 3.8) is 0 Å². The molecule has 3 heterocycles. The highest BCUT2D eigenvalue weighted by atomic mass is 19.1. The molecule has 0 radical (unpaired) electrons. The SMILES string of the molecule is O=C(N=C1Cc2ccc(CN3CCOCC3)cc2N1C1CCC(C(=O)N2CCOCC2)CC1)c1ccc(F)cc1. The number of benzene rings is 2. The van der Waals surface area contributed by atoms with Crippen LogP contribution in [0.1, 0.15) is 47.2 Å². The van der Waals surface area contributed by atoms with Crippen molar-refractivity contribution in [2.24, 2.45) is 10.9 Å². The summed E-state index contributed by atoms with van der Waals surface area (Å²) >= 11 is 0. The molecule has 9 heteroatoms. The highest BCUT2D eigenvalue weighted by Crippen LogP contribution is 2.38. The number of hydrogen-bond acceptors (Lipinski definition) is 5. The second-order valence-electron chi connectivity index (χ2n) is 11.2. The normalized spacial score (nSPS) is 24.8. The van der Waals surface area contributed by atoms with Gasteiger partial charge in [-0.2, -0.15) is 4.99 Å². The van der Waals surface area contributed by atoms with Gasteiger partial charge in [-0.3, -0.25) is 14.5 Å². The van der Waals surface area contributed by atoms with E-state index in [2.05, 4.69) is 33.0 Å². The maximum Gasteiger partial charge on any atom is 0.278 e. The zero-order valence-corrected chi connectivity index (χ0v) is 22.9. The molecular formula is C31H37FN4O4. The van der Waals surface area contributed by atoms with Crippen LogP contribution >= 0.6 is 0 Å². The molecule has 8 nitrogen and oxygen atoms in total. The summed E-state index contributed by atoms with van der Waals surface area (Å²) in [5.74, 6) is 0.269. The number of fused-ring (bicyclic) bond motifs is 1. The number of carbonyl (C=O) groups excluding carboxylic acids is 2. The number of rotatable bonds is 5. The van der Waals surface area contributed by atoms with E-state index in [0.717, 1.165) is 75.6 Å². The first-order valence-corrected chi connectivity index (χ1v) is 14.5. The monoisotopic (exact) mass is 548 g/mol. The van der Waals surface area contributed by atoms with Gasteiger partial charge in [0, 0.05) is 62.4 Å². The smallest absolute Gasteiger partial charge is 0.278 e. The lowest BCUT2D eigenvalue weighted by Crippen LogP contribution is -2.46. The number of carbonyl (C=O) groups is 2. The summed E-state index contributed by atoms with van der Waals surface area (Å²) in [6.45, 7) is 6.77. The summed E-state index contributed by atoms with van der Waals surface area (Å²) in [6, 6.07) is 12.3. The summed E-state index contributed by atoms with van der Waals surface area (Å²) in [7, 11) is 0. The minimum atomic E-state index is -0.379. The van der Waals surface area contributed by atoms with Gasteiger partial charge in [0.15, 0.2) is 0 Å². The van der Waals surface area contributed by atoms with E-state index in [-0.39, 0.29) is 29.6 Å². The molecule has 1 aliphatic carbocycles. The van der Waals surface area contributed by atoms with E-state index in [1.54, 1.807) is 0 Å². The average molecular weight is 549 g/mol. The first-order chi connectivity index (χ1) is 19.5. The maximum atomic E-state index is 13.5. The lowest BCUT2D eigenvalue weighted by Gasteiger charge is -2.38. The Bertz CT molecular complexity index is 1250. The van der Waals surface area contributed by atoms with Crippen molar-refractivity contribution in [1.29, 1.82) is 0 Å². The molecule has 40 heavy (non-hydrogen) atoms. The van der Waals surface area contributed by atoms with Crippen LogP contribution < -0.4 is 4.90 Å². The summed E-state index contributed by atoms with van der Waals surface area (Å²) in [6.07, 6.45) is 3.93. The van der Waals surface area contributed by atoms with Crippen molar-refractivity contribution in [2.45, 2.75) is 44.7 Å². The molecule has 0 bridgehead atoms. The number of amidine groups is 1. The molecule has 1 saturated carbocycles. The lowest BCUT2D eigenvalue weighted by atomic mass is 9.84. The van der Waals surface area contributed by atoms with Crippen molar-refractivity contribution >= 4 is 23.3 Å². The Morgan fingerprint density at radius 1 is 0.875 bits per heavy atom. The fourth-order valence-electron chi connectivity index (χ4n) is 6.39. The summed E-state index contributed by atoms with van der Waals surface area (Å²) < 4.78 is 24.4. The van der Waals surface area contributed by atoms with Crippen molar-refractivity contribution in [3.05, 3.63) is 65.0 Å². The van der Waals surface area contributed by atoms with E-state index < -0.39 is 0 Å². The number of anilines is 1. The van der Waals surface area contributed by atoms with Crippen LogP contribution in [-0.4, -0.2) is 86.1 Å².